The molecule has 2 aliphatic rings. The number of ether oxygens (including phenoxy) is 1. The fraction of sp³-hybridized carbons (Fsp3) is 0.619. The minimum Gasteiger partial charge on any atom is -0.379 e. The van der Waals surface area contributed by atoms with Gasteiger partial charge in [-0.25, -0.2) is 0 Å². The lowest BCUT2D eigenvalue weighted by Crippen LogP contribution is -2.52. The monoisotopic (exact) mass is 373 g/mol. The number of aryl methyl sites for hydroxylation is 2. The van der Waals surface area contributed by atoms with Gasteiger partial charge < -0.3 is 14.5 Å². The van der Waals surface area contributed by atoms with Gasteiger partial charge in [0.05, 0.1) is 13.2 Å². The number of piperazine rings is 1. The lowest BCUT2D eigenvalue weighted by atomic mass is 10.1. The van der Waals surface area contributed by atoms with Crippen LogP contribution in [0.15, 0.2) is 18.2 Å². The number of morpholine rings is 1. The number of amides is 2. The van der Waals surface area contributed by atoms with Crippen LogP contribution >= 0.6 is 0 Å². The van der Waals surface area contributed by atoms with E-state index in [9.17, 15) is 9.59 Å². The number of anilines is 1. The number of rotatable bonds is 5. The van der Waals surface area contributed by atoms with Crippen LogP contribution in [0.1, 0.15) is 30.9 Å². The highest BCUT2D eigenvalue weighted by Gasteiger charge is 2.28. The predicted molar refractivity (Wildman–Crippen MR) is 106 cm³/mol. The topological polar surface area (TPSA) is 53.1 Å². The van der Waals surface area contributed by atoms with Crippen molar-refractivity contribution in [3.8, 4) is 0 Å². The third-order valence-electron chi connectivity index (χ3n) is 5.54. The Kier molecular flexibility index (Phi) is 6.50. The van der Waals surface area contributed by atoms with Crippen molar-refractivity contribution in [3.05, 3.63) is 29.3 Å². The SMILES string of the molecule is Cc1cc(C)cc(N2CCN(C(=O)CCC(C)N3CCOCC3)CC2=O)c1. The Balaban J connectivity index is 1.51. The molecular weight excluding hydrogens is 342 g/mol. The van der Waals surface area contributed by atoms with Gasteiger partial charge in [-0.2, -0.15) is 0 Å². The van der Waals surface area contributed by atoms with E-state index in [-0.39, 0.29) is 18.4 Å². The summed E-state index contributed by atoms with van der Waals surface area (Å²) >= 11 is 0. The Bertz CT molecular complexity index is 665. The van der Waals surface area contributed by atoms with Crippen molar-refractivity contribution in [1.82, 2.24) is 9.80 Å². The normalized spacial score (nSPS) is 20.0. The largest absolute Gasteiger partial charge is 0.379 e. The number of carbonyl (C=O) groups excluding carboxylic acids is 2. The molecule has 0 spiro atoms. The van der Waals surface area contributed by atoms with E-state index >= 15 is 0 Å². The van der Waals surface area contributed by atoms with Crippen LogP contribution in [-0.2, 0) is 14.3 Å². The van der Waals surface area contributed by atoms with E-state index in [0.717, 1.165) is 49.5 Å². The molecule has 2 fully saturated rings. The van der Waals surface area contributed by atoms with Gasteiger partial charge in [0.25, 0.3) is 0 Å². The molecular formula is C21H31N3O3. The van der Waals surface area contributed by atoms with Crippen molar-refractivity contribution in [2.24, 2.45) is 0 Å². The van der Waals surface area contributed by atoms with E-state index in [0.29, 0.717) is 25.6 Å². The van der Waals surface area contributed by atoms with Gasteiger partial charge in [0.1, 0.15) is 6.54 Å². The molecule has 1 atom stereocenters. The molecule has 148 valence electrons. The summed E-state index contributed by atoms with van der Waals surface area (Å²) in [6, 6.07) is 6.53. The molecule has 1 aromatic rings. The molecule has 0 bridgehead atoms. The van der Waals surface area contributed by atoms with Crippen molar-refractivity contribution < 1.29 is 14.3 Å². The Morgan fingerprint density at radius 1 is 1.07 bits per heavy atom. The number of carbonyl (C=O) groups is 2. The minimum atomic E-state index is 0.000766. The van der Waals surface area contributed by atoms with Crippen molar-refractivity contribution in [3.63, 3.8) is 0 Å². The van der Waals surface area contributed by atoms with Gasteiger partial charge in [0, 0.05) is 44.3 Å². The molecule has 6 nitrogen and oxygen atoms in total. The maximum absolute atomic E-state index is 12.6. The maximum atomic E-state index is 12.6. The highest BCUT2D eigenvalue weighted by atomic mass is 16.5. The fourth-order valence-electron chi connectivity index (χ4n) is 3.96. The standard InChI is InChI=1S/C21H31N3O3/c1-16-12-17(2)14-19(13-16)24-7-6-23(15-21(24)26)20(25)5-4-18(3)22-8-10-27-11-9-22/h12-14,18H,4-11,15H2,1-3H3. The van der Waals surface area contributed by atoms with Crippen LogP contribution in [0.5, 0.6) is 0 Å². The summed E-state index contributed by atoms with van der Waals surface area (Å²) in [5.74, 6) is 0.0874. The summed E-state index contributed by atoms with van der Waals surface area (Å²) < 4.78 is 5.38. The molecule has 0 N–H and O–H groups in total. The molecule has 1 unspecified atom stereocenters. The number of benzene rings is 1. The zero-order chi connectivity index (χ0) is 19.4. The second kappa shape index (κ2) is 8.85. The number of hydrogen-bond donors (Lipinski definition) is 0. The van der Waals surface area contributed by atoms with E-state index in [1.165, 1.54) is 0 Å². The lowest BCUT2D eigenvalue weighted by Gasteiger charge is -2.35. The Morgan fingerprint density at radius 2 is 1.74 bits per heavy atom. The Hall–Kier alpha value is -1.92. The summed E-state index contributed by atoms with van der Waals surface area (Å²) in [4.78, 5) is 31.1. The summed E-state index contributed by atoms with van der Waals surface area (Å²) in [5, 5.41) is 0. The fourth-order valence-corrected chi connectivity index (χ4v) is 3.96. The molecule has 0 saturated carbocycles. The Labute approximate surface area is 162 Å². The van der Waals surface area contributed by atoms with Crippen molar-refractivity contribution in [1.29, 1.82) is 0 Å². The number of hydrogen-bond acceptors (Lipinski definition) is 4. The molecule has 2 amide bonds. The molecule has 3 rings (SSSR count). The summed E-state index contributed by atoms with van der Waals surface area (Å²) in [7, 11) is 0. The van der Waals surface area contributed by atoms with Gasteiger partial charge in [-0.05, 0) is 50.5 Å². The van der Waals surface area contributed by atoms with Gasteiger partial charge in [-0.3, -0.25) is 14.5 Å². The van der Waals surface area contributed by atoms with E-state index in [2.05, 4.69) is 17.9 Å². The molecule has 1 aromatic carbocycles. The molecule has 27 heavy (non-hydrogen) atoms. The molecule has 0 radical (unpaired) electrons. The maximum Gasteiger partial charge on any atom is 0.246 e. The van der Waals surface area contributed by atoms with Crippen molar-refractivity contribution in [2.45, 2.75) is 39.7 Å². The third-order valence-corrected chi connectivity index (χ3v) is 5.54. The average Bonchev–Trinajstić information content (AvgIpc) is 2.65. The van der Waals surface area contributed by atoms with Crippen LogP contribution in [0.2, 0.25) is 0 Å². The number of nitrogens with zero attached hydrogens (tertiary/aromatic N) is 3. The first-order valence-corrected chi connectivity index (χ1v) is 9.92. The van der Waals surface area contributed by atoms with E-state index in [1.807, 2.05) is 26.0 Å². The van der Waals surface area contributed by atoms with Crippen LogP contribution in [0, 0.1) is 13.8 Å². The van der Waals surface area contributed by atoms with Gasteiger partial charge in [0.2, 0.25) is 11.8 Å². The molecule has 2 aliphatic heterocycles. The van der Waals surface area contributed by atoms with Crippen LogP contribution < -0.4 is 4.90 Å². The smallest absolute Gasteiger partial charge is 0.246 e. The van der Waals surface area contributed by atoms with Gasteiger partial charge in [0.15, 0.2) is 0 Å². The van der Waals surface area contributed by atoms with E-state index in [4.69, 9.17) is 4.74 Å². The molecule has 2 heterocycles. The third kappa shape index (κ3) is 5.08. The second-order valence-electron chi connectivity index (χ2n) is 7.74. The summed E-state index contributed by atoms with van der Waals surface area (Å²) in [6.45, 7) is 11.0. The van der Waals surface area contributed by atoms with E-state index < -0.39 is 0 Å². The van der Waals surface area contributed by atoms with E-state index in [1.54, 1.807) is 9.80 Å². The molecule has 0 aromatic heterocycles. The first kappa shape index (κ1) is 19.8. The van der Waals surface area contributed by atoms with Crippen LogP contribution in [0.25, 0.3) is 0 Å². The summed E-state index contributed by atoms with van der Waals surface area (Å²) in [6.07, 6.45) is 1.32. The van der Waals surface area contributed by atoms with Crippen LogP contribution in [0.4, 0.5) is 5.69 Å². The summed E-state index contributed by atoms with van der Waals surface area (Å²) in [5.41, 5.74) is 3.23. The zero-order valence-electron chi connectivity index (χ0n) is 16.7. The quantitative estimate of drug-likeness (QED) is 0.792. The molecule has 0 aliphatic carbocycles. The van der Waals surface area contributed by atoms with Gasteiger partial charge >= 0.3 is 0 Å². The Morgan fingerprint density at radius 3 is 2.37 bits per heavy atom. The van der Waals surface area contributed by atoms with Gasteiger partial charge in [-0.1, -0.05) is 6.07 Å². The zero-order valence-corrected chi connectivity index (χ0v) is 16.7. The van der Waals surface area contributed by atoms with Crippen LogP contribution in [-0.4, -0.2) is 73.6 Å². The molecule has 6 heteroatoms. The van der Waals surface area contributed by atoms with Gasteiger partial charge in [-0.15, -0.1) is 0 Å². The highest BCUT2D eigenvalue weighted by molar-refractivity contribution is 5.98. The minimum absolute atomic E-state index is 0.000766. The average molecular weight is 373 g/mol. The molecule has 2 saturated heterocycles. The first-order valence-electron chi connectivity index (χ1n) is 9.92. The lowest BCUT2D eigenvalue weighted by molar-refractivity contribution is -0.137. The van der Waals surface area contributed by atoms with Crippen molar-refractivity contribution >= 4 is 17.5 Å². The first-order chi connectivity index (χ1) is 12.9. The highest BCUT2D eigenvalue weighted by Crippen LogP contribution is 2.21. The van der Waals surface area contributed by atoms with Crippen LogP contribution in [0.3, 0.4) is 0 Å². The van der Waals surface area contributed by atoms with Crippen molar-refractivity contribution in [2.75, 3.05) is 50.8 Å². The second-order valence-corrected chi connectivity index (χ2v) is 7.74. The predicted octanol–water partition coefficient (Wildman–Crippen LogP) is 1.98.